The fourth-order valence-electron chi connectivity index (χ4n) is 5.75. The summed E-state index contributed by atoms with van der Waals surface area (Å²) in [5.41, 5.74) is 2.60. The number of rotatable bonds is 8. The van der Waals surface area contributed by atoms with Crippen molar-refractivity contribution in [3.05, 3.63) is 101 Å². The van der Waals surface area contributed by atoms with Gasteiger partial charge in [-0.3, -0.25) is 0 Å². The molecule has 7 rings (SSSR count). The quantitative estimate of drug-likeness (QED) is 0.206. The molecule has 0 radical (unpaired) electrons. The predicted molar refractivity (Wildman–Crippen MR) is 156 cm³/mol. The van der Waals surface area contributed by atoms with Crippen molar-refractivity contribution >= 4 is 29.2 Å². The van der Waals surface area contributed by atoms with Crippen molar-refractivity contribution in [3.63, 3.8) is 0 Å². The summed E-state index contributed by atoms with van der Waals surface area (Å²) in [6.07, 6.45) is -3.30. The maximum Gasteiger partial charge on any atom is 0.430 e. The molecule has 3 aliphatic heterocycles. The minimum absolute atomic E-state index is 0.142. The van der Waals surface area contributed by atoms with Crippen molar-refractivity contribution in [1.29, 1.82) is 0 Å². The van der Waals surface area contributed by atoms with Crippen LogP contribution in [-0.4, -0.2) is 58.5 Å². The van der Waals surface area contributed by atoms with Gasteiger partial charge in [0.2, 0.25) is 5.82 Å². The van der Waals surface area contributed by atoms with Crippen molar-refractivity contribution in [2.45, 2.75) is 37.7 Å². The van der Waals surface area contributed by atoms with Crippen molar-refractivity contribution in [3.8, 4) is 11.5 Å². The van der Waals surface area contributed by atoms with E-state index in [1.54, 1.807) is 0 Å². The Hall–Kier alpha value is -4.42. The highest BCUT2D eigenvalue weighted by Gasteiger charge is 2.48. The summed E-state index contributed by atoms with van der Waals surface area (Å²) < 4.78 is 44.2. The second-order valence-electron chi connectivity index (χ2n) is 11.1. The zero-order chi connectivity index (χ0) is 32.0. The van der Waals surface area contributed by atoms with Gasteiger partial charge in [-0.25, -0.2) is 4.79 Å². The number of hydrogen-bond donors (Lipinski definition) is 1. The van der Waals surface area contributed by atoms with Crippen molar-refractivity contribution < 1.29 is 41.6 Å². The van der Waals surface area contributed by atoms with E-state index in [1.807, 2.05) is 84.9 Å². The van der Waals surface area contributed by atoms with Crippen LogP contribution in [0.4, 0.5) is 18.9 Å². The van der Waals surface area contributed by atoms with Crippen LogP contribution in [0, 0.1) is 5.92 Å². The van der Waals surface area contributed by atoms with E-state index in [1.165, 1.54) is 0 Å². The fourth-order valence-corrected chi connectivity index (χ4v) is 5.87. The van der Waals surface area contributed by atoms with E-state index >= 15 is 0 Å². The van der Waals surface area contributed by atoms with Gasteiger partial charge in [0.05, 0.1) is 13.1 Å². The third kappa shape index (κ3) is 8.20. The van der Waals surface area contributed by atoms with Crippen molar-refractivity contribution in [2.24, 2.45) is 5.92 Å². The normalized spacial score (nSPS) is 21.2. The van der Waals surface area contributed by atoms with Crippen LogP contribution in [0.3, 0.4) is 0 Å². The average Bonchev–Trinajstić information content (AvgIpc) is 3.49. The number of quaternary nitrogens is 1. The molecule has 0 unspecified atom stereocenters. The summed E-state index contributed by atoms with van der Waals surface area (Å²) in [4.78, 5) is 27.0. The molecule has 4 heterocycles. The summed E-state index contributed by atoms with van der Waals surface area (Å²) in [7, 11) is 0. The maximum absolute atomic E-state index is 13.6. The third-order valence-electron chi connectivity index (χ3n) is 8.03. The molecule has 2 bridgehead atoms. The highest BCUT2D eigenvalue weighted by atomic mass is 35.5. The molecule has 2 atom stereocenters. The molecule has 0 aliphatic carbocycles. The number of aromatic nitrogens is 2. The van der Waals surface area contributed by atoms with Gasteiger partial charge in [-0.05, 0) is 42.0 Å². The predicted octanol–water partition coefficient (Wildman–Crippen LogP) is 5.19. The Labute approximate surface area is 262 Å². The van der Waals surface area contributed by atoms with Crippen LogP contribution in [0.2, 0.25) is 5.02 Å². The number of carbonyl (C=O) groups excluding carboxylic acids is 2. The molecule has 236 valence electrons. The van der Waals surface area contributed by atoms with E-state index in [0.717, 1.165) is 53.8 Å². The molecular formula is C32H30ClF3N4O5. The van der Waals surface area contributed by atoms with E-state index in [9.17, 15) is 18.0 Å². The highest BCUT2D eigenvalue weighted by molar-refractivity contribution is 6.30. The number of esters is 1. The number of piperidine rings is 3. The van der Waals surface area contributed by atoms with Crippen molar-refractivity contribution in [1.82, 2.24) is 10.1 Å². The lowest BCUT2D eigenvalue weighted by molar-refractivity contribution is -0.958. The van der Waals surface area contributed by atoms with Gasteiger partial charge < -0.3 is 29.0 Å². The first-order valence-electron chi connectivity index (χ1n) is 14.3. The van der Waals surface area contributed by atoms with Crippen molar-refractivity contribution in [2.75, 3.05) is 25.0 Å². The average molecular weight is 643 g/mol. The summed E-state index contributed by atoms with van der Waals surface area (Å²) in [6.45, 7) is 3.46. The van der Waals surface area contributed by atoms with Gasteiger partial charge >= 0.3 is 12.1 Å². The van der Waals surface area contributed by atoms with Crippen LogP contribution in [0.25, 0.3) is 11.5 Å². The first kappa shape index (κ1) is 32.0. The van der Waals surface area contributed by atoms with Gasteiger partial charge in [-0.15, -0.1) is 0 Å². The number of nitrogens with zero attached hydrogens (tertiary/aromatic N) is 3. The molecule has 0 spiro atoms. The van der Waals surface area contributed by atoms with Crippen LogP contribution in [-0.2, 0) is 20.9 Å². The lowest BCUT2D eigenvalue weighted by Gasteiger charge is -2.51. The molecule has 3 aromatic carbocycles. The number of benzene rings is 3. The van der Waals surface area contributed by atoms with E-state index in [0.29, 0.717) is 29.2 Å². The van der Waals surface area contributed by atoms with Gasteiger partial charge in [-0.1, -0.05) is 65.3 Å². The monoisotopic (exact) mass is 642 g/mol. The zero-order valence-electron chi connectivity index (χ0n) is 24.0. The Bertz CT molecular complexity index is 1580. The summed E-state index contributed by atoms with van der Waals surface area (Å²) in [5.74, 6) is -1.72. The number of carboxylic acids is 1. The lowest BCUT2D eigenvalue weighted by atomic mass is 9.83. The minimum Gasteiger partial charge on any atom is -0.542 e. The van der Waals surface area contributed by atoms with E-state index < -0.39 is 18.2 Å². The highest BCUT2D eigenvalue weighted by Crippen LogP contribution is 2.38. The first-order chi connectivity index (χ1) is 21.5. The largest absolute Gasteiger partial charge is 0.542 e. The van der Waals surface area contributed by atoms with Gasteiger partial charge in [0, 0.05) is 35.0 Å². The second kappa shape index (κ2) is 13.7. The summed E-state index contributed by atoms with van der Waals surface area (Å²) >= 11 is 6.01. The van der Waals surface area contributed by atoms with Crippen LogP contribution in [0.1, 0.15) is 30.3 Å². The number of aliphatic carboxylic acids is 1. The molecular weight excluding hydrogens is 613 g/mol. The topological polar surface area (TPSA) is 117 Å². The molecule has 4 aromatic rings. The SMILES string of the molecule is O=C(O[C@H]1C[N+]2(Cc3noc(-c4ccc(Cl)cc4)n3)CCC1CC2)[C@H](Nc1ccccc1)c1ccccc1.O=C([O-])C(F)(F)F. The number of alkyl halides is 3. The third-order valence-corrected chi connectivity index (χ3v) is 8.28. The molecule has 0 saturated carbocycles. The van der Waals surface area contributed by atoms with Gasteiger partial charge in [0.1, 0.15) is 19.1 Å². The molecule has 13 heteroatoms. The first-order valence-corrected chi connectivity index (χ1v) is 14.7. The number of para-hydroxylation sites is 1. The lowest BCUT2D eigenvalue weighted by Crippen LogP contribution is -2.64. The number of ether oxygens (including phenoxy) is 1. The Morgan fingerprint density at radius 3 is 2.20 bits per heavy atom. The molecule has 9 nitrogen and oxygen atoms in total. The van der Waals surface area contributed by atoms with Crippen LogP contribution < -0.4 is 10.4 Å². The van der Waals surface area contributed by atoms with Gasteiger partial charge in [0.25, 0.3) is 5.89 Å². The summed E-state index contributed by atoms with van der Waals surface area (Å²) in [6, 6.07) is 26.3. The van der Waals surface area contributed by atoms with Crippen LogP contribution >= 0.6 is 11.6 Å². The molecule has 3 fully saturated rings. The number of hydrogen-bond acceptors (Lipinski definition) is 8. The van der Waals surface area contributed by atoms with Gasteiger partial charge in [0.15, 0.2) is 12.1 Å². The summed E-state index contributed by atoms with van der Waals surface area (Å²) in [5, 5.41) is 17.1. The standard InChI is InChI=1S/C30H30ClN4O3.C2HF3O2/c31-24-13-11-23(12-14-24)29-33-27(34-38-29)20-35-17-15-21(16-18-35)26(19-35)37-30(36)28(22-7-3-1-4-8-22)32-25-9-5-2-6-10-25;3-2(4,5)1(6)7/h1-14,21,26,28,32H,15-20H2;(H,6,7)/q+1;/p-1/t21?,26-,28+,35?;/m0./s1. The number of halogens is 4. The van der Waals surface area contributed by atoms with E-state index in [4.69, 9.17) is 30.8 Å². The molecule has 0 amide bonds. The molecule has 1 N–H and O–H groups in total. The molecule has 3 saturated heterocycles. The Morgan fingerprint density at radius 1 is 1.00 bits per heavy atom. The number of carboxylic acid groups (broad SMARTS) is 1. The van der Waals surface area contributed by atoms with Crippen LogP contribution in [0.15, 0.2) is 89.5 Å². The Morgan fingerprint density at radius 2 is 1.60 bits per heavy atom. The number of nitrogens with one attached hydrogen (secondary N) is 1. The second-order valence-corrected chi connectivity index (χ2v) is 11.5. The molecule has 45 heavy (non-hydrogen) atoms. The smallest absolute Gasteiger partial charge is 0.430 e. The Balaban J connectivity index is 0.000000515. The van der Waals surface area contributed by atoms with E-state index in [-0.39, 0.29) is 12.1 Å². The minimum atomic E-state index is -5.19. The number of fused-ring (bicyclic) bond motifs is 3. The number of anilines is 1. The van der Waals surface area contributed by atoms with Crippen LogP contribution in [0.5, 0.6) is 0 Å². The fraction of sp³-hybridized carbons (Fsp3) is 0.312. The van der Waals surface area contributed by atoms with E-state index in [2.05, 4.69) is 15.5 Å². The Kier molecular flexibility index (Phi) is 9.74. The maximum atomic E-state index is 13.6. The molecule has 3 aliphatic rings. The zero-order valence-corrected chi connectivity index (χ0v) is 24.7. The molecule has 1 aromatic heterocycles. The number of carbonyl (C=O) groups is 2. The van der Waals surface area contributed by atoms with Gasteiger partial charge in [-0.2, -0.15) is 18.2 Å².